The Bertz CT molecular complexity index is 803. The molecule has 1 heterocycles. The highest BCUT2D eigenvalue weighted by molar-refractivity contribution is 7.20. The first-order valence-electron chi connectivity index (χ1n) is 7.01. The van der Waals surface area contributed by atoms with E-state index in [4.69, 9.17) is 27.9 Å². The SMILES string of the molecule is CN(C)C(=O)c1ccc(NC(=O)COC(=O)c2cc(Cl)sc2Cl)cc1. The van der Waals surface area contributed by atoms with Crippen LogP contribution in [0.1, 0.15) is 20.7 Å². The highest BCUT2D eigenvalue weighted by atomic mass is 35.5. The number of amides is 2. The number of nitrogens with zero attached hydrogens (tertiary/aromatic N) is 1. The lowest BCUT2D eigenvalue weighted by Crippen LogP contribution is -2.22. The molecule has 1 N–H and O–H groups in total. The summed E-state index contributed by atoms with van der Waals surface area (Å²) in [6, 6.07) is 7.75. The standard InChI is InChI=1S/C16H14Cl2N2O4S/c1-20(2)15(22)9-3-5-10(6-4-9)19-13(21)8-24-16(23)11-7-12(17)25-14(11)18/h3-7H,8H2,1-2H3,(H,19,21). The molecule has 2 aromatic rings. The molecule has 0 aliphatic heterocycles. The van der Waals surface area contributed by atoms with Gasteiger partial charge in [-0.2, -0.15) is 0 Å². The van der Waals surface area contributed by atoms with Crippen LogP contribution in [0, 0.1) is 0 Å². The number of hydrogen-bond acceptors (Lipinski definition) is 5. The van der Waals surface area contributed by atoms with E-state index in [0.29, 0.717) is 15.6 Å². The number of esters is 1. The number of thiophene rings is 1. The van der Waals surface area contributed by atoms with Crippen molar-refractivity contribution in [3.05, 3.63) is 50.1 Å². The molecule has 0 fully saturated rings. The summed E-state index contributed by atoms with van der Waals surface area (Å²) in [4.78, 5) is 36.9. The van der Waals surface area contributed by atoms with Gasteiger partial charge in [-0.25, -0.2) is 4.79 Å². The van der Waals surface area contributed by atoms with Crippen LogP contribution in [0.2, 0.25) is 8.67 Å². The molecule has 1 aromatic heterocycles. The summed E-state index contributed by atoms with van der Waals surface area (Å²) in [5.41, 5.74) is 1.10. The first kappa shape index (κ1) is 19.2. The Morgan fingerprint density at radius 3 is 2.32 bits per heavy atom. The summed E-state index contributed by atoms with van der Waals surface area (Å²) in [6.07, 6.45) is 0. The maximum atomic E-state index is 11.8. The molecule has 0 saturated carbocycles. The summed E-state index contributed by atoms with van der Waals surface area (Å²) in [5.74, 6) is -1.38. The van der Waals surface area contributed by atoms with E-state index in [2.05, 4.69) is 5.32 Å². The largest absolute Gasteiger partial charge is 0.452 e. The molecular formula is C16H14Cl2N2O4S. The van der Waals surface area contributed by atoms with Crippen LogP contribution in [0.3, 0.4) is 0 Å². The van der Waals surface area contributed by atoms with Gasteiger partial charge in [0.25, 0.3) is 11.8 Å². The van der Waals surface area contributed by atoms with Gasteiger partial charge in [-0.15, -0.1) is 11.3 Å². The minimum absolute atomic E-state index is 0.121. The van der Waals surface area contributed by atoms with Crippen LogP contribution in [0.15, 0.2) is 30.3 Å². The van der Waals surface area contributed by atoms with Gasteiger partial charge >= 0.3 is 5.97 Å². The molecule has 0 radical (unpaired) electrons. The number of carbonyl (C=O) groups excluding carboxylic acids is 3. The molecule has 0 saturated heterocycles. The van der Waals surface area contributed by atoms with Crippen molar-refractivity contribution in [2.45, 2.75) is 0 Å². The van der Waals surface area contributed by atoms with Crippen molar-refractivity contribution < 1.29 is 19.1 Å². The third-order valence-corrected chi connectivity index (χ3v) is 4.52. The summed E-state index contributed by atoms with van der Waals surface area (Å²) >= 11 is 12.6. The van der Waals surface area contributed by atoms with Gasteiger partial charge in [0.05, 0.1) is 9.90 Å². The number of nitrogens with one attached hydrogen (secondary N) is 1. The van der Waals surface area contributed by atoms with Gasteiger partial charge < -0.3 is 15.0 Å². The molecule has 6 nitrogen and oxygen atoms in total. The fraction of sp³-hybridized carbons (Fsp3) is 0.188. The van der Waals surface area contributed by atoms with Crippen molar-refractivity contribution in [3.63, 3.8) is 0 Å². The van der Waals surface area contributed by atoms with Crippen LogP contribution >= 0.6 is 34.5 Å². The fourth-order valence-corrected chi connectivity index (χ4v) is 3.28. The van der Waals surface area contributed by atoms with Crippen molar-refractivity contribution >= 4 is 58.0 Å². The number of rotatable bonds is 5. The molecule has 0 spiro atoms. The van der Waals surface area contributed by atoms with E-state index in [1.54, 1.807) is 38.4 Å². The highest BCUT2D eigenvalue weighted by Crippen LogP contribution is 2.31. The number of anilines is 1. The third-order valence-electron chi connectivity index (χ3n) is 3.03. The van der Waals surface area contributed by atoms with Crippen LogP contribution in [-0.4, -0.2) is 43.4 Å². The Labute approximate surface area is 158 Å². The van der Waals surface area contributed by atoms with Gasteiger partial charge in [0.2, 0.25) is 0 Å². The molecular weight excluding hydrogens is 387 g/mol. The lowest BCUT2D eigenvalue weighted by molar-refractivity contribution is -0.119. The monoisotopic (exact) mass is 400 g/mol. The second-order valence-electron chi connectivity index (χ2n) is 5.14. The molecule has 0 unspecified atom stereocenters. The minimum atomic E-state index is -0.727. The molecule has 0 bridgehead atoms. The number of benzene rings is 1. The number of ether oxygens (including phenoxy) is 1. The predicted octanol–water partition coefficient (Wildman–Crippen LogP) is 3.55. The van der Waals surface area contributed by atoms with E-state index in [-0.39, 0.29) is 15.8 Å². The summed E-state index contributed by atoms with van der Waals surface area (Å²) < 4.78 is 5.46. The Balaban J connectivity index is 1.89. The highest BCUT2D eigenvalue weighted by Gasteiger charge is 2.17. The van der Waals surface area contributed by atoms with Gasteiger partial charge in [0.15, 0.2) is 6.61 Å². The van der Waals surface area contributed by atoms with E-state index in [0.717, 1.165) is 11.3 Å². The lowest BCUT2D eigenvalue weighted by Gasteiger charge is -2.11. The topological polar surface area (TPSA) is 75.7 Å². The quantitative estimate of drug-likeness (QED) is 0.778. The lowest BCUT2D eigenvalue weighted by atomic mass is 10.2. The van der Waals surface area contributed by atoms with Crippen molar-refractivity contribution in [2.24, 2.45) is 0 Å². The summed E-state index contributed by atoms with van der Waals surface area (Å²) in [7, 11) is 3.30. The molecule has 0 aliphatic rings. The van der Waals surface area contributed by atoms with E-state index < -0.39 is 18.5 Å². The Kier molecular flexibility index (Phi) is 6.41. The predicted molar refractivity (Wildman–Crippen MR) is 97.7 cm³/mol. The summed E-state index contributed by atoms with van der Waals surface area (Å²) in [5, 5.41) is 2.57. The zero-order chi connectivity index (χ0) is 18.6. The Morgan fingerprint density at radius 1 is 1.16 bits per heavy atom. The van der Waals surface area contributed by atoms with E-state index in [1.807, 2.05) is 0 Å². The van der Waals surface area contributed by atoms with Crippen LogP contribution < -0.4 is 5.32 Å². The van der Waals surface area contributed by atoms with E-state index >= 15 is 0 Å². The van der Waals surface area contributed by atoms with Gasteiger partial charge in [0.1, 0.15) is 4.34 Å². The average molecular weight is 401 g/mol. The molecule has 132 valence electrons. The second-order valence-corrected chi connectivity index (χ2v) is 7.42. The molecule has 25 heavy (non-hydrogen) atoms. The van der Waals surface area contributed by atoms with Gasteiger partial charge in [-0.3, -0.25) is 9.59 Å². The minimum Gasteiger partial charge on any atom is -0.452 e. The first-order chi connectivity index (χ1) is 11.8. The first-order valence-corrected chi connectivity index (χ1v) is 8.58. The third kappa shape index (κ3) is 5.19. The fourth-order valence-electron chi connectivity index (χ4n) is 1.84. The van der Waals surface area contributed by atoms with Crippen molar-refractivity contribution in [2.75, 3.05) is 26.0 Å². The maximum absolute atomic E-state index is 11.8. The molecule has 1 aromatic carbocycles. The zero-order valence-corrected chi connectivity index (χ0v) is 15.7. The molecule has 9 heteroatoms. The van der Waals surface area contributed by atoms with Crippen molar-refractivity contribution in [3.8, 4) is 0 Å². The molecule has 2 rings (SSSR count). The van der Waals surface area contributed by atoms with Gasteiger partial charge in [-0.05, 0) is 30.3 Å². The summed E-state index contributed by atoms with van der Waals surface area (Å²) in [6.45, 7) is -0.471. The second kappa shape index (κ2) is 8.33. The number of hydrogen-bond donors (Lipinski definition) is 1. The molecule has 0 aliphatic carbocycles. The van der Waals surface area contributed by atoms with Crippen molar-refractivity contribution in [1.29, 1.82) is 0 Å². The van der Waals surface area contributed by atoms with Gasteiger partial charge in [-0.1, -0.05) is 23.2 Å². The van der Waals surface area contributed by atoms with Crippen LogP contribution in [-0.2, 0) is 9.53 Å². The van der Waals surface area contributed by atoms with Crippen LogP contribution in [0.4, 0.5) is 5.69 Å². The van der Waals surface area contributed by atoms with E-state index in [1.165, 1.54) is 11.0 Å². The Hall–Kier alpha value is -2.09. The molecule has 2 amide bonds. The van der Waals surface area contributed by atoms with Crippen LogP contribution in [0.25, 0.3) is 0 Å². The average Bonchev–Trinajstić information content (AvgIpc) is 2.91. The van der Waals surface area contributed by atoms with E-state index in [9.17, 15) is 14.4 Å². The zero-order valence-electron chi connectivity index (χ0n) is 13.3. The Morgan fingerprint density at radius 2 is 1.80 bits per heavy atom. The smallest absolute Gasteiger partial charge is 0.341 e. The van der Waals surface area contributed by atoms with Crippen LogP contribution in [0.5, 0.6) is 0 Å². The number of carbonyl (C=O) groups is 3. The number of halogens is 2. The van der Waals surface area contributed by atoms with Gasteiger partial charge in [0, 0.05) is 25.3 Å². The normalized spacial score (nSPS) is 10.2. The maximum Gasteiger partial charge on any atom is 0.341 e. The molecule has 0 atom stereocenters. The van der Waals surface area contributed by atoms with Crippen molar-refractivity contribution in [1.82, 2.24) is 4.90 Å².